The SMILES string of the molecule is CC[NH2+]C(=O)Nc1ccc(NCc2ccc(F)cc2)[nH+]c1N.[Cl-].[Cl-]. The quantitative estimate of drug-likeness (QED) is 0.421. The predicted molar refractivity (Wildman–Crippen MR) is 82.6 cm³/mol. The molecule has 1 heterocycles. The Labute approximate surface area is 152 Å². The number of quaternary nitrogens is 1. The molecule has 0 aliphatic rings. The van der Waals surface area contributed by atoms with E-state index in [0.29, 0.717) is 30.4 Å². The number of hydrogen-bond donors (Lipinski definition) is 4. The van der Waals surface area contributed by atoms with Gasteiger partial charge >= 0.3 is 6.03 Å². The van der Waals surface area contributed by atoms with Gasteiger partial charge in [-0.25, -0.2) is 14.2 Å². The van der Waals surface area contributed by atoms with E-state index in [2.05, 4.69) is 15.6 Å². The van der Waals surface area contributed by atoms with Crippen molar-refractivity contribution in [2.75, 3.05) is 22.9 Å². The molecule has 0 atom stereocenters. The summed E-state index contributed by atoms with van der Waals surface area (Å²) in [7, 11) is 0. The van der Waals surface area contributed by atoms with E-state index in [1.54, 1.807) is 29.6 Å². The Morgan fingerprint density at radius 1 is 1.21 bits per heavy atom. The minimum absolute atomic E-state index is 0. The van der Waals surface area contributed by atoms with Gasteiger partial charge in [-0.3, -0.25) is 10.6 Å². The Bertz CT molecular complexity index is 655. The third-order valence-corrected chi connectivity index (χ3v) is 3.02. The van der Waals surface area contributed by atoms with E-state index in [1.807, 2.05) is 6.92 Å². The summed E-state index contributed by atoms with van der Waals surface area (Å²) in [5.74, 6) is 0.810. The zero-order chi connectivity index (χ0) is 15.9. The van der Waals surface area contributed by atoms with Crippen LogP contribution in [-0.2, 0) is 6.54 Å². The lowest BCUT2D eigenvalue weighted by Crippen LogP contribution is -3.00. The summed E-state index contributed by atoms with van der Waals surface area (Å²) in [5, 5.41) is 7.39. The van der Waals surface area contributed by atoms with E-state index in [1.165, 1.54) is 12.1 Å². The minimum Gasteiger partial charge on any atom is -1.00 e. The third-order valence-electron chi connectivity index (χ3n) is 3.02. The highest BCUT2D eigenvalue weighted by Crippen LogP contribution is 2.14. The van der Waals surface area contributed by atoms with Crippen LogP contribution in [0, 0.1) is 5.82 Å². The molecule has 0 fully saturated rings. The topological polar surface area (TPSA) is 97.9 Å². The summed E-state index contributed by atoms with van der Waals surface area (Å²) in [6, 6.07) is 9.56. The Morgan fingerprint density at radius 3 is 2.46 bits per heavy atom. The van der Waals surface area contributed by atoms with Gasteiger partial charge in [0.15, 0.2) is 0 Å². The van der Waals surface area contributed by atoms with Crippen LogP contribution in [0.4, 0.5) is 26.5 Å². The summed E-state index contributed by atoms with van der Waals surface area (Å²) in [6.45, 7) is 3.08. The fourth-order valence-electron chi connectivity index (χ4n) is 1.89. The van der Waals surface area contributed by atoms with Crippen molar-refractivity contribution < 1.29 is 44.3 Å². The third kappa shape index (κ3) is 6.57. The summed E-state index contributed by atoms with van der Waals surface area (Å²) >= 11 is 0. The number of carbonyl (C=O) groups excluding carboxylic acids is 1. The van der Waals surface area contributed by atoms with Gasteiger partial charge in [0, 0.05) is 6.07 Å². The second-order valence-corrected chi connectivity index (χ2v) is 4.78. The molecule has 7 N–H and O–H groups in total. The maximum Gasteiger partial charge on any atom is 0.417 e. The van der Waals surface area contributed by atoms with Crippen LogP contribution in [0.25, 0.3) is 0 Å². The van der Waals surface area contributed by atoms with E-state index in [4.69, 9.17) is 5.73 Å². The number of aromatic amines is 1. The van der Waals surface area contributed by atoms with Gasteiger partial charge in [0.25, 0.3) is 0 Å². The van der Waals surface area contributed by atoms with Gasteiger partial charge in [-0.15, -0.1) is 0 Å². The number of anilines is 3. The van der Waals surface area contributed by atoms with Crippen LogP contribution in [0.15, 0.2) is 36.4 Å². The second kappa shape index (κ2) is 10.6. The molecule has 24 heavy (non-hydrogen) atoms. The van der Waals surface area contributed by atoms with Crippen LogP contribution in [0.2, 0.25) is 0 Å². The first kappa shape index (κ1) is 21.9. The van der Waals surface area contributed by atoms with E-state index in [0.717, 1.165) is 5.56 Å². The molecular weight excluding hydrogens is 356 g/mol. The fourth-order valence-corrected chi connectivity index (χ4v) is 1.89. The van der Waals surface area contributed by atoms with Crippen molar-refractivity contribution in [1.29, 1.82) is 0 Å². The molecule has 1 aromatic heterocycles. The summed E-state index contributed by atoms with van der Waals surface area (Å²) in [5.41, 5.74) is 7.36. The largest absolute Gasteiger partial charge is 1.00 e. The number of hydrogen-bond acceptors (Lipinski definition) is 3. The number of benzene rings is 1. The van der Waals surface area contributed by atoms with Crippen molar-refractivity contribution in [1.82, 2.24) is 0 Å². The zero-order valence-electron chi connectivity index (χ0n) is 13.1. The normalized spacial score (nSPS) is 9.42. The van der Waals surface area contributed by atoms with Crippen LogP contribution in [0.3, 0.4) is 0 Å². The van der Waals surface area contributed by atoms with Crippen LogP contribution in [0.1, 0.15) is 12.5 Å². The lowest BCUT2D eigenvalue weighted by atomic mass is 10.2. The summed E-state index contributed by atoms with van der Waals surface area (Å²) in [6.07, 6.45) is 0. The summed E-state index contributed by atoms with van der Waals surface area (Å²) in [4.78, 5) is 14.5. The lowest BCUT2D eigenvalue weighted by Gasteiger charge is -2.06. The standard InChI is InChI=1S/C15H18FN5O.2ClH/c1-2-18-15(22)20-12-7-8-13(21-14(12)17)19-9-10-3-5-11(16)6-4-10;;/h3-8H,2,9H2,1H3,(H3,17,19,21)(H2,18,20,22);2*1H. The van der Waals surface area contributed by atoms with Crippen molar-refractivity contribution in [3.8, 4) is 0 Å². The highest BCUT2D eigenvalue weighted by atomic mass is 35.5. The number of aromatic nitrogens is 1. The highest BCUT2D eigenvalue weighted by Gasteiger charge is 2.11. The average Bonchev–Trinajstić information content (AvgIpc) is 2.49. The van der Waals surface area contributed by atoms with Gasteiger partial charge in [-0.05, 0) is 30.7 Å². The average molecular weight is 376 g/mol. The molecule has 0 spiro atoms. The molecule has 6 nitrogen and oxygen atoms in total. The molecule has 2 aromatic rings. The Balaban J connectivity index is 0.00000264. The summed E-state index contributed by atoms with van der Waals surface area (Å²) < 4.78 is 12.8. The number of pyridine rings is 1. The molecule has 0 aliphatic carbocycles. The maximum absolute atomic E-state index is 12.8. The molecule has 9 heteroatoms. The Kier molecular flexibility index (Phi) is 9.71. The number of H-pyrrole nitrogens is 1. The van der Waals surface area contributed by atoms with Crippen LogP contribution in [0.5, 0.6) is 0 Å². The van der Waals surface area contributed by atoms with Gasteiger partial charge in [0.1, 0.15) is 11.5 Å². The number of primary amides is 1. The van der Waals surface area contributed by atoms with Gasteiger partial charge in [0.05, 0.1) is 13.1 Å². The Hall–Kier alpha value is -2.09. The van der Waals surface area contributed by atoms with Crippen LogP contribution >= 0.6 is 0 Å². The second-order valence-electron chi connectivity index (χ2n) is 4.78. The fraction of sp³-hybridized carbons (Fsp3) is 0.200. The molecular formula is C15H20Cl2FN5O. The van der Waals surface area contributed by atoms with E-state index < -0.39 is 0 Å². The van der Waals surface area contributed by atoms with E-state index in [9.17, 15) is 9.18 Å². The van der Waals surface area contributed by atoms with E-state index in [-0.39, 0.29) is 36.7 Å². The first-order chi connectivity index (χ1) is 10.6. The first-order valence-electron chi connectivity index (χ1n) is 7.02. The van der Waals surface area contributed by atoms with Gasteiger partial charge in [-0.2, -0.15) is 0 Å². The molecule has 0 saturated heterocycles. The molecule has 0 saturated carbocycles. The van der Waals surface area contributed by atoms with Crippen molar-refractivity contribution in [3.63, 3.8) is 0 Å². The number of urea groups is 1. The van der Waals surface area contributed by atoms with Crippen molar-refractivity contribution in [2.45, 2.75) is 13.5 Å². The molecule has 1 aromatic carbocycles. The van der Waals surface area contributed by atoms with Crippen LogP contribution < -0.4 is 51.5 Å². The number of nitrogens with two attached hydrogens (primary N) is 2. The highest BCUT2D eigenvalue weighted by molar-refractivity contribution is 5.85. The molecule has 2 rings (SSSR count). The molecule has 0 radical (unpaired) electrons. The van der Waals surface area contributed by atoms with Crippen LogP contribution in [-0.4, -0.2) is 12.6 Å². The predicted octanol–water partition coefficient (Wildman–Crippen LogP) is -5.04. The smallest absolute Gasteiger partial charge is 0.417 e. The molecule has 0 bridgehead atoms. The van der Waals surface area contributed by atoms with Gasteiger partial charge < -0.3 is 35.9 Å². The molecule has 0 unspecified atom stereocenters. The maximum atomic E-state index is 12.8. The van der Waals surface area contributed by atoms with E-state index >= 15 is 0 Å². The molecule has 0 aliphatic heterocycles. The molecule has 2 amide bonds. The monoisotopic (exact) mass is 375 g/mol. The lowest BCUT2D eigenvalue weighted by molar-refractivity contribution is -0.548. The number of amides is 2. The number of nitrogens with one attached hydrogen (secondary N) is 3. The number of halogens is 3. The van der Waals surface area contributed by atoms with Gasteiger partial charge in [-0.1, -0.05) is 12.1 Å². The molecule has 132 valence electrons. The number of nitrogen functional groups attached to an aromatic ring is 1. The van der Waals surface area contributed by atoms with Crippen molar-refractivity contribution in [2.24, 2.45) is 0 Å². The first-order valence-corrected chi connectivity index (χ1v) is 7.02. The zero-order valence-corrected chi connectivity index (χ0v) is 14.6. The van der Waals surface area contributed by atoms with Crippen molar-refractivity contribution in [3.05, 3.63) is 47.8 Å². The number of rotatable bonds is 5. The Morgan fingerprint density at radius 2 is 1.88 bits per heavy atom. The van der Waals surface area contributed by atoms with Gasteiger partial charge in [0.2, 0.25) is 11.6 Å². The van der Waals surface area contributed by atoms with Crippen molar-refractivity contribution >= 4 is 23.4 Å². The number of carbonyl (C=O) groups is 1. The minimum atomic E-state index is -0.261.